The van der Waals surface area contributed by atoms with Crippen molar-refractivity contribution in [1.29, 1.82) is 0 Å². The average molecular weight is 649 g/mol. The van der Waals surface area contributed by atoms with Crippen LogP contribution in [0, 0.1) is 6.92 Å². The minimum Gasteiger partial charge on any atom is -0.352 e. The fraction of sp³-hybridized carbons (Fsp3) is 0.333. The van der Waals surface area contributed by atoms with Gasteiger partial charge in [0.1, 0.15) is 12.6 Å². The van der Waals surface area contributed by atoms with Crippen LogP contribution in [0.2, 0.25) is 5.02 Å². The van der Waals surface area contributed by atoms with E-state index < -0.39 is 28.5 Å². The lowest BCUT2D eigenvalue weighted by molar-refractivity contribution is -0.140. The Morgan fingerprint density at radius 3 is 2.25 bits per heavy atom. The predicted octanol–water partition coefficient (Wildman–Crippen LogP) is 5.73. The second kappa shape index (κ2) is 14.1. The van der Waals surface area contributed by atoms with Crippen LogP contribution in [0.5, 0.6) is 0 Å². The molecule has 7 nitrogen and oxygen atoms in total. The van der Waals surface area contributed by atoms with E-state index in [9.17, 15) is 18.0 Å². The molecule has 0 saturated heterocycles. The predicted molar refractivity (Wildman–Crippen MR) is 165 cm³/mol. The number of benzene rings is 3. The molecule has 0 unspecified atom stereocenters. The molecule has 40 heavy (non-hydrogen) atoms. The van der Waals surface area contributed by atoms with E-state index in [0.29, 0.717) is 16.3 Å². The molecule has 0 saturated carbocycles. The van der Waals surface area contributed by atoms with Gasteiger partial charge in [-0.2, -0.15) is 0 Å². The van der Waals surface area contributed by atoms with Gasteiger partial charge in [0.25, 0.3) is 0 Å². The minimum absolute atomic E-state index is 0.1000. The van der Waals surface area contributed by atoms with E-state index in [4.69, 9.17) is 11.6 Å². The summed E-state index contributed by atoms with van der Waals surface area (Å²) < 4.78 is 27.8. The number of aryl methyl sites for hydroxylation is 1. The fourth-order valence-electron chi connectivity index (χ4n) is 4.23. The Kier molecular flexibility index (Phi) is 11.2. The number of carbonyl (C=O) groups excluding carboxylic acids is 2. The molecule has 10 heteroatoms. The molecule has 2 amide bonds. The number of hydrogen-bond donors (Lipinski definition) is 1. The van der Waals surface area contributed by atoms with E-state index in [0.717, 1.165) is 32.6 Å². The van der Waals surface area contributed by atoms with E-state index in [-0.39, 0.29) is 24.9 Å². The number of nitrogens with one attached hydrogen (secondary N) is 1. The zero-order valence-corrected chi connectivity index (χ0v) is 26.3. The summed E-state index contributed by atoms with van der Waals surface area (Å²) >= 11 is 9.64. The number of sulfonamides is 1. The molecule has 0 aliphatic carbocycles. The molecule has 3 aromatic rings. The molecule has 3 rings (SSSR count). The second-order valence-corrected chi connectivity index (χ2v) is 13.1. The van der Waals surface area contributed by atoms with Gasteiger partial charge in [0, 0.05) is 28.5 Å². The van der Waals surface area contributed by atoms with Crippen molar-refractivity contribution < 1.29 is 18.0 Å². The first kappa shape index (κ1) is 31.6. The quantitative estimate of drug-likeness (QED) is 0.272. The van der Waals surface area contributed by atoms with Crippen LogP contribution in [0.1, 0.15) is 37.0 Å². The molecule has 0 fully saturated rings. The van der Waals surface area contributed by atoms with Crippen molar-refractivity contribution >= 4 is 55.1 Å². The number of carbonyl (C=O) groups is 2. The maximum Gasteiger partial charge on any atom is 0.244 e. The van der Waals surface area contributed by atoms with E-state index in [1.54, 1.807) is 19.1 Å². The number of halogens is 2. The Morgan fingerprint density at radius 1 is 1.00 bits per heavy atom. The first-order valence-electron chi connectivity index (χ1n) is 13.0. The van der Waals surface area contributed by atoms with Gasteiger partial charge in [-0.1, -0.05) is 83.0 Å². The molecule has 3 aromatic carbocycles. The number of amides is 2. The Morgan fingerprint density at radius 2 is 1.65 bits per heavy atom. The fourth-order valence-corrected chi connectivity index (χ4v) is 5.56. The molecule has 0 radical (unpaired) electrons. The Balaban J connectivity index is 2.08. The van der Waals surface area contributed by atoms with Crippen LogP contribution >= 0.6 is 27.5 Å². The molecule has 0 aliphatic heterocycles. The summed E-state index contributed by atoms with van der Waals surface area (Å²) in [5.74, 6) is -0.804. The summed E-state index contributed by atoms with van der Waals surface area (Å²) in [4.78, 5) is 29.3. The van der Waals surface area contributed by atoms with Crippen molar-refractivity contribution in [2.24, 2.45) is 0 Å². The van der Waals surface area contributed by atoms with Gasteiger partial charge in [0.15, 0.2) is 0 Å². The second-order valence-electron chi connectivity index (χ2n) is 9.87. The largest absolute Gasteiger partial charge is 0.352 e. The van der Waals surface area contributed by atoms with Crippen molar-refractivity contribution in [2.75, 3.05) is 17.1 Å². The maximum absolute atomic E-state index is 14.1. The molecular weight excluding hydrogens is 614 g/mol. The minimum atomic E-state index is -3.87. The van der Waals surface area contributed by atoms with Crippen molar-refractivity contribution in [3.63, 3.8) is 0 Å². The monoisotopic (exact) mass is 647 g/mol. The highest BCUT2D eigenvalue weighted by Crippen LogP contribution is 2.27. The molecule has 214 valence electrons. The Labute approximate surface area is 250 Å². The topological polar surface area (TPSA) is 86.8 Å². The Hall–Kier alpha value is -2.88. The number of anilines is 1. The third kappa shape index (κ3) is 8.81. The van der Waals surface area contributed by atoms with Crippen LogP contribution in [0.15, 0.2) is 77.3 Å². The number of nitrogens with zero attached hydrogens (tertiary/aromatic N) is 2. The third-order valence-corrected chi connectivity index (χ3v) is 8.55. The van der Waals surface area contributed by atoms with Gasteiger partial charge in [-0.3, -0.25) is 13.9 Å². The van der Waals surface area contributed by atoms with Gasteiger partial charge in [-0.05, 0) is 61.2 Å². The highest BCUT2D eigenvalue weighted by atomic mass is 79.9. The van der Waals surface area contributed by atoms with Gasteiger partial charge in [0.2, 0.25) is 21.8 Å². The summed E-state index contributed by atoms with van der Waals surface area (Å²) in [5, 5.41) is 3.37. The van der Waals surface area contributed by atoms with Crippen molar-refractivity contribution in [3.05, 3.63) is 99.0 Å². The number of rotatable bonds is 12. The van der Waals surface area contributed by atoms with Crippen molar-refractivity contribution in [2.45, 2.75) is 52.2 Å². The van der Waals surface area contributed by atoms with Crippen LogP contribution < -0.4 is 9.62 Å². The van der Waals surface area contributed by atoms with E-state index in [1.165, 1.54) is 11.0 Å². The lowest BCUT2D eigenvalue weighted by Gasteiger charge is -2.34. The van der Waals surface area contributed by atoms with E-state index in [1.807, 2.05) is 68.4 Å². The van der Waals surface area contributed by atoms with Crippen LogP contribution in [-0.2, 0) is 32.6 Å². The molecule has 0 aliphatic rings. The average Bonchev–Trinajstić information content (AvgIpc) is 2.91. The van der Waals surface area contributed by atoms with Gasteiger partial charge in [-0.25, -0.2) is 8.42 Å². The van der Waals surface area contributed by atoms with Crippen molar-refractivity contribution in [1.82, 2.24) is 10.2 Å². The molecule has 0 aromatic heterocycles. The van der Waals surface area contributed by atoms with Gasteiger partial charge in [-0.15, -0.1) is 0 Å². The summed E-state index contributed by atoms with van der Waals surface area (Å²) in [5.41, 5.74) is 2.65. The third-order valence-electron chi connectivity index (χ3n) is 6.66. The van der Waals surface area contributed by atoms with Gasteiger partial charge in [0.05, 0.1) is 11.9 Å². The standard InChI is InChI=1S/C30H35BrClN3O4S/c1-5-22(3)33-30(37)28(17-23-9-7-6-8-10-23)34(19-24-12-14-25(31)15-13-24)29(36)20-35(40(4,38)39)27-18-26(32)16-11-21(27)2/h6-16,18,22,28H,5,17,19-20H2,1-4H3,(H,33,37)/t22-,28-/m1/s1. The van der Waals surface area contributed by atoms with Crippen LogP contribution in [-0.4, -0.2) is 50.0 Å². The summed E-state index contributed by atoms with van der Waals surface area (Å²) in [6, 6.07) is 20.8. The lowest BCUT2D eigenvalue weighted by atomic mass is 10.0. The first-order valence-corrected chi connectivity index (χ1v) is 16.0. The Bertz CT molecular complexity index is 1420. The summed E-state index contributed by atoms with van der Waals surface area (Å²) in [6.07, 6.45) is 2.04. The maximum atomic E-state index is 14.1. The highest BCUT2D eigenvalue weighted by Gasteiger charge is 2.33. The number of hydrogen-bond acceptors (Lipinski definition) is 4. The van der Waals surface area contributed by atoms with Crippen LogP contribution in [0.25, 0.3) is 0 Å². The van der Waals surface area contributed by atoms with Crippen LogP contribution in [0.4, 0.5) is 5.69 Å². The zero-order chi connectivity index (χ0) is 29.4. The lowest BCUT2D eigenvalue weighted by Crippen LogP contribution is -2.54. The molecule has 2 atom stereocenters. The summed E-state index contributed by atoms with van der Waals surface area (Å²) in [7, 11) is -3.87. The van der Waals surface area contributed by atoms with E-state index in [2.05, 4.69) is 21.2 Å². The van der Waals surface area contributed by atoms with Gasteiger partial charge < -0.3 is 10.2 Å². The SMILES string of the molecule is CC[C@@H](C)NC(=O)[C@@H](Cc1ccccc1)N(Cc1ccc(Br)cc1)C(=O)CN(c1cc(Cl)ccc1C)S(C)(=O)=O. The molecule has 0 spiro atoms. The first-order chi connectivity index (χ1) is 18.9. The van der Waals surface area contributed by atoms with E-state index >= 15 is 0 Å². The zero-order valence-electron chi connectivity index (χ0n) is 23.1. The molecule has 0 bridgehead atoms. The van der Waals surface area contributed by atoms with Crippen LogP contribution in [0.3, 0.4) is 0 Å². The molecule has 0 heterocycles. The molecular formula is C30H35BrClN3O4S. The smallest absolute Gasteiger partial charge is 0.244 e. The highest BCUT2D eigenvalue weighted by molar-refractivity contribution is 9.10. The molecule has 1 N–H and O–H groups in total. The summed E-state index contributed by atoms with van der Waals surface area (Å²) in [6.45, 7) is 5.26. The van der Waals surface area contributed by atoms with Gasteiger partial charge >= 0.3 is 0 Å². The van der Waals surface area contributed by atoms with Crippen molar-refractivity contribution in [3.8, 4) is 0 Å². The normalized spacial score (nSPS) is 12.8.